The lowest BCUT2D eigenvalue weighted by molar-refractivity contribution is 0.700. The van der Waals surface area contributed by atoms with Crippen molar-refractivity contribution in [3.8, 4) is 0 Å². The smallest absolute Gasteiger partial charge is 0.0620 e. The highest BCUT2D eigenvalue weighted by Gasteiger charge is 2.19. The van der Waals surface area contributed by atoms with Gasteiger partial charge in [-0.15, -0.1) is 11.8 Å². The minimum Gasteiger partial charge on any atom is -0.327 e. The molecule has 3 unspecified atom stereocenters. The van der Waals surface area contributed by atoms with E-state index in [1.807, 2.05) is 30.1 Å². The maximum absolute atomic E-state index is 6.01. The third-order valence-electron chi connectivity index (χ3n) is 2.41. The molecule has 0 spiro atoms. The van der Waals surface area contributed by atoms with Gasteiger partial charge in [0.15, 0.2) is 0 Å². The van der Waals surface area contributed by atoms with Gasteiger partial charge in [-0.1, -0.05) is 19.9 Å². The van der Waals surface area contributed by atoms with Gasteiger partial charge in [0.05, 0.1) is 10.9 Å². The molecular weight excluding hydrogens is 204 g/mol. The van der Waals surface area contributed by atoms with Gasteiger partial charge in [0, 0.05) is 17.5 Å². The van der Waals surface area contributed by atoms with E-state index in [2.05, 4.69) is 31.8 Å². The van der Waals surface area contributed by atoms with Crippen molar-refractivity contribution < 1.29 is 0 Å². The van der Waals surface area contributed by atoms with Crippen LogP contribution in [0.5, 0.6) is 0 Å². The van der Waals surface area contributed by atoms with Crippen molar-refractivity contribution in [3.05, 3.63) is 30.1 Å². The van der Waals surface area contributed by atoms with Crippen LogP contribution in [0.25, 0.3) is 0 Å². The summed E-state index contributed by atoms with van der Waals surface area (Å²) in [6, 6.07) is 6.16. The minimum atomic E-state index is 0.138. The molecule has 0 saturated heterocycles. The monoisotopic (exact) mass is 224 g/mol. The number of thioether (sulfide) groups is 1. The zero-order valence-corrected chi connectivity index (χ0v) is 10.5. The molecule has 0 aliphatic carbocycles. The highest BCUT2D eigenvalue weighted by molar-refractivity contribution is 8.00. The van der Waals surface area contributed by atoms with E-state index >= 15 is 0 Å². The first kappa shape index (κ1) is 12.5. The van der Waals surface area contributed by atoms with Gasteiger partial charge >= 0.3 is 0 Å². The van der Waals surface area contributed by atoms with Crippen LogP contribution in [0, 0.1) is 0 Å². The van der Waals surface area contributed by atoms with Gasteiger partial charge in [0.25, 0.3) is 0 Å². The van der Waals surface area contributed by atoms with Crippen molar-refractivity contribution in [1.82, 2.24) is 4.98 Å². The average Bonchev–Trinajstić information content (AvgIpc) is 2.26. The highest BCUT2D eigenvalue weighted by Crippen LogP contribution is 2.34. The van der Waals surface area contributed by atoms with Gasteiger partial charge < -0.3 is 5.73 Å². The Labute approximate surface area is 96.7 Å². The molecule has 0 aliphatic heterocycles. The maximum Gasteiger partial charge on any atom is 0.0620 e. The Hall–Kier alpha value is -0.540. The van der Waals surface area contributed by atoms with E-state index in [1.165, 1.54) is 6.42 Å². The van der Waals surface area contributed by atoms with Gasteiger partial charge in [-0.2, -0.15) is 0 Å². The molecule has 0 radical (unpaired) electrons. The van der Waals surface area contributed by atoms with Crippen LogP contribution in [0.2, 0.25) is 0 Å². The fourth-order valence-electron chi connectivity index (χ4n) is 1.35. The van der Waals surface area contributed by atoms with Crippen molar-refractivity contribution >= 4 is 11.8 Å². The lowest BCUT2D eigenvalue weighted by Crippen LogP contribution is -2.24. The zero-order chi connectivity index (χ0) is 11.3. The molecule has 3 heteroatoms. The molecule has 2 nitrogen and oxygen atoms in total. The Morgan fingerprint density at radius 2 is 2.13 bits per heavy atom. The quantitative estimate of drug-likeness (QED) is 0.835. The Morgan fingerprint density at radius 3 is 2.60 bits per heavy atom. The van der Waals surface area contributed by atoms with E-state index < -0.39 is 0 Å². The van der Waals surface area contributed by atoms with E-state index in [0.29, 0.717) is 10.5 Å². The number of nitrogens with two attached hydrogens (primary N) is 1. The number of hydrogen-bond donors (Lipinski definition) is 1. The van der Waals surface area contributed by atoms with Crippen LogP contribution in [-0.4, -0.2) is 16.3 Å². The van der Waals surface area contributed by atoms with Crippen molar-refractivity contribution in [2.45, 2.75) is 43.7 Å². The molecule has 0 aromatic carbocycles. The molecule has 84 valence electrons. The van der Waals surface area contributed by atoms with Gasteiger partial charge in [0.2, 0.25) is 0 Å². The molecule has 1 heterocycles. The summed E-state index contributed by atoms with van der Waals surface area (Å²) in [5, 5.41) is 0.934. The first-order valence-corrected chi connectivity index (χ1v) is 6.41. The van der Waals surface area contributed by atoms with Crippen LogP contribution in [0.15, 0.2) is 24.4 Å². The van der Waals surface area contributed by atoms with E-state index in [0.717, 1.165) is 5.69 Å². The Bertz CT molecular complexity index is 274. The van der Waals surface area contributed by atoms with Gasteiger partial charge in [-0.3, -0.25) is 4.98 Å². The largest absolute Gasteiger partial charge is 0.327 e. The summed E-state index contributed by atoms with van der Waals surface area (Å²) in [7, 11) is 0. The van der Waals surface area contributed by atoms with E-state index in [-0.39, 0.29) is 6.04 Å². The van der Waals surface area contributed by atoms with E-state index in [1.54, 1.807) is 0 Å². The molecule has 0 saturated carbocycles. The normalized spacial score (nSPS) is 17.1. The summed E-state index contributed by atoms with van der Waals surface area (Å²) in [6.07, 6.45) is 3.00. The number of hydrogen-bond acceptors (Lipinski definition) is 3. The molecule has 1 aromatic heterocycles. The Balaban J connectivity index is 2.75. The number of aromatic nitrogens is 1. The van der Waals surface area contributed by atoms with Crippen LogP contribution in [0.3, 0.4) is 0 Å². The maximum atomic E-state index is 6.01. The lowest BCUT2D eigenvalue weighted by Gasteiger charge is -2.22. The summed E-state index contributed by atoms with van der Waals surface area (Å²) in [6.45, 7) is 6.49. The molecule has 0 fully saturated rings. The second-order valence-corrected chi connectivity index (χ2v) is 5.47. The second-order valence-electron chi connectivity index (χ2n) is 3.89. The van der Waals surface area contributed by atoms with Crippen molar-refractivity contribution in [2.75, 3.05) is 0 Å². The third kappa shape index (κ3) is 3.84. The molecular formula is C12H20N2S. The fraction of sp³-hybridized carbons (Fsp3) is 0.583. The molecule has 0 aliphatic rings. The SMILES string of the molecule is CCC(C)SC(c1ccccn1)C(C)N. The summed E-state index contributed by atoms with van der Waals surface area (Å²) in [5.74, 6) is 0. The lowest BCUT2D eigenvalue weighted by atomic mass is 10.2. The first-order valence-electron chi connectivity index (χ1n) is 5.47. The van der Waals surface area contributed by atoms with E-state index in [9.17, 15) is 0 Å². The van der Waals surface area contributed by atoms with Gasteiger partial charge in [-0.25, -0.2) is 0 Å². The molecule has 3 atom stereocenters. The molecule has 2 N–H and O–H groups in total. The standard InChI is InChI=1S/C12H20N2S/c1-4-9(2)15-12(10(3)13)11-7-5-6-8-14-11/h5-10,12H,4,13H2,1-3H3. The van der Waals surface area contributed by atoms with Crippen molar-refractivity contribution in [3.63, 3.8) is 0 Å². The van der Waals surface area contributed by atoms with Crippen molar-refractivity contribution in [1.29, 1.82) is 0 Å². The number of pyridine rings is 1. The predicted octanol–water partition coefficient (Wildman–Crippen LogP) is 3.00. The zero-order valence-electron chi connectivity index (χ0n) is 9.68. The summed E-state index contributed by atoms with van der Waals surface area (Å²) in [4.78, 5) is 4.39. The summed E-state index contributed by atoms with van der Waals surface area (Å²) >= 11 is 1.92. The van der Waals surface area contributed by atoms with Crippen LogP contribution in [0.1, 0.15) is 38.1 Å². The third-order valence-corrected chi connectivity index (χ3v) is 4.17. The Morgan fingerprint density at radius 1 is 1.40 bits per heavy atom. The van der Waals surface area contributed by atoms with Crippen LogP contribution in [-0.2, 0) is 0 Å². The van der Waals surface area contributed by atoms with Crippen LogP contribution >= 0.6 is 11.8 Å². The molecule has 0 amide bonds. The molecule has 0 bridgehead atoms. The number of nitrogens with zero attached hydrogens (tertiary/aromatic N) is 1. The minimum absolute atomic E-state index is 0.138. The molecule has 15 heavy (non-hydrogen) atoms. The Kier molecular flexibility index (Phi) is 5.12. The average molecular weight is 224 g/mol. The van der Waals surface area contributed by atoms with Crippen LogP contribution < -0.4 is 5.73 Å². The van der Waals surface area contributed by atoms with E-state index in [4.69, 9.17) is 5.73 Å². The molecule has 1 rings (SSSR count). The second kappa shape index (κ2) is 6.13. The fourth-order valence-corrected chi connectivity index (χ4v) is 2.57. The van der Waals surface area contributed by atoms with Crippen molar-refractivity contribution in [2.24, 2.45) is 5.73 Å². The van der Waals surface area contributed by atoms with Gasteiger partial charge in [-0.05, 0) is 25.5 Å². The highest BCUT2D eigenvalue weighted by atomic mass is 32.2. The topological polar surface area (TPSA) is 38.9 Å². The predicted molar refractivity (Wildman–Crippen MR) is 68.0 cm³/mol. The van der Waals surface area contributed by atoms with Crippen LogP contribution in [0.4, 0.5) is 0 Å². The molecule has 1 aromatic rings. The summed E-state index contributed by atoms with van der Waals surface area (Å²) in [5.41, 5.74) is 7.11. The number of rotatable bonds is 5. The summed E-state index contributed by atoms with van der Waals surface area (Å²) < 4.78 is 0. The van der Waals surface area contributed by atoms with Gasteiger partial charge in [0.1, 0.15) is 0 Å². The first-order chi connectivity index (χ1) is 7.15.